The minimum atomic E-state index is -0.726. The number of fused-ring (bicyclic) bond motifs is 1. The Morgan fingerprint density at radius 1 is 0.969 bits per heavy atom. The van der Waals surface area contributed by atoms with Gasteiger partial charge in [0.15, 0.2) is 6.61 Å². The van der Waals surface area contributed by atoms with Crippen LogP contribution in [-0.2, 0) is 4.74 Å². The summed E-state index contributed by atoms with van der Waals surface area (Å²) in [6.45, 7) is -0.564. The van der Waals surface area contributed by atoms with E-state index in [1.807, 2.05) is 30.3 Å². The SMILES string of the molecule is O=C(COC(=O)c1cc(-c2ccccc2)nc2ccc(Cl)cc12)c1cccc([N+](=O)[O-])c1. The van der Waals surface area contributed by atoms with Crippen LogP contribution in [0.25, 0.3) is 22.2 Å². The molecule has 0 atom stereocenters. The van der Waals surface area contributed by atoms with Crippen LogP contribution in [0.3, 0.4) is 0 Å². The highest BCUT2D eigenvalue weighted by atomic mass is 35.5. The summed E-state index contributed by atoms with van der Waals surface area (Å²) in [6, 6.07) is 21.2. The maximum atomic E-state index is 12.9. The molecule has 0 N–H and O–H groups in total. The number of aromatic nitrogens is 1. The van der Waals surface area contributed by atoms with E-state index in [0.717, 1.165) is 11.6 Å². The second kappa shape index (κ2) is 8.95. The Morgan fingerprint density at radius 3 is 2.50 bits per heavy atom. The van der Waals surface area contributed by atoms with Gasteiger partial charge in [-0.2, -0.15) is 0 Å². The molecule has 0 radical (unpaired) electrons. The molecule has 0 aliphatic heterocycles. The van der Waals surface area contributed by atoms with Crippen molar-refractivity contribution in [3.63, 3.8) is 0 Å². The maximum Gasteiger partial charge on any atom is 0.339 e. The summed E-state index contributed by atoms with van der Waals surface area (Å²) in [5.41, 5.74) is 2.00. The lowest BCUT2D eigenvalue weighted by Crippen LogP contribution is -2.15. The predicted molar refractivity (Wildman–Crippen MR) is 120 cm³/mol. The molecule has 7 nitrogen and oxygen atoms in total. The van der Waals surface area contributed by atoms with E-state index in [0.29, 0.717) is 21.6 Å². The summed E-state index contributed by atoms with van der Waals surface area (Å²) in [7, 11) is 0. The van der Waals surface area contributed by atoms with Crippen molar-refractivity contribution in [3.8, 4) is 11.3 Å². The number of pyridine rings is 1. The molecule has 0 amide bonds. The number of carbonyl (C=O) groups excluding carboxylic acids is 2. The Labute approximate surface area is 187 Å². The van der Waals surface area contributed by atoms with Gasteiger partial charge in [-0.05, 0) is 24.3 Å². The lowest BCUT2D eigenvalue weighted by atomic mass is 10.0. The minimum absolute atomic E-state index is 0.0830. The molecule has 0 bridgehead atoms. The number of benzene rings is 3. The fourth-order valence-corrected chi connectivity index (χ4v) is 3.38. The third kappa shape index (κ3) is 4.48. The number of Topliss-reactive ketones (excluding diaryl/α,β-unsaturated/α-hetero) is 1. The highest BCUT2D eigenvalue weighted by Crippen LogP contribution is 2.27. The van der Waals surface area contributed by atoms with E-state index in [1.165, 1.54) is 18.2 Å². The first-order chi connectivity index (χ1) is 15.4. The van der Waals surface area contributed by atoms with Crippen LogP contribution in [0.4, 0.5) is 5.69 Å². The second-order valence-corrected chi connectivity index (χ2v) is 7.33. The van der Waals surface area contributed by atoms with Crippen molar-refractivity contribution >= 4 is 39.9 Å². The molecule has 0 aliphatic rings. The summed E-state index contributed by atoms with van der Waals surface area (Å²) >= 11 is 6.11. The summed E-state index contributed by atoms with van der Waals surface area (Å²) in [5.74, 6) is -1.28. The molecule has 0 saturated heterocycles. The molecule has 3 aromatic carbocycles. The molecular weight excluding hydrogens is 432 g/mol. The van der Waals surface area contributed by atoms with Gasteiger partial charge in [0.2, 0.25) is 5.78 Å². The molecule has 1 heterocycles. The minimum Gasteiger partial charge on any atom is -0.454 e. The molecule has 0 saturated carbocycles. The number of ketones is 1. The van der Waals surface area contributed by atoms with Crippen LogP contribution < -0.4 is 0 Å². The molecule has 0 aliphatic carbocycles. The first kappa shape index (κ1) is 21.1. The molecule has 0 fully saturated rings. The molecular formula is C24H15ClN2O5. The fourth-order valence-electron chi connectivity index (χ4n) is 3.21. The molecule has 0 unspecified atom stereocenters. The molecule has 8 heteroatoms. The normalized spacial score (nSPS) is 10.7. The van der Waals surface area contributed by atoms with Gasteiger partial charge in [0.25, 0.3) is 5.69 Å². The number of non-ortho nitro benzene ring substituents is 1. The number of ether oxygens (including phenoxy) is 1. The fraction of sp³-hybridized carbons (Fsp3) is 0.0417. The van der Waals surface area contributed by atoms with Gasteiger partial charge in [0.05, 0.1) is 21.7 Å². The van der Waals surface area contributed by atoms with E-state index in [-0.39, 0.29) is 16.8 Å². The van der Waals surface area contributed by atoms with Crippen molar-refractivity contribution in [2.45, 2.75) is 0 Å². The van der Waals surface area contributed by atoms with Gasteiger partial charge in [0.1, 0.15) is 0 Å². The first-order valence-electron chi connectivity index (χ1n) is 9.53. The van der Waals surface area contributed by atoms with Gasteiger partial charge in [-0.1, -0.05) is 54.1 Å². The zero-order valence-corrected chi connectivity index (χ0v) is 17.3. The summed E-state index contributed by atoms with van der Waals surface area (Å²) < 4.78 is 5.25. The summed E-state index contributed by atoms with van der Waals surface area (Å²) in [4.78, 5) is 40.3. The maximum absolute atomic E-state index is 12.9. The molecule has 1 aromatic heterocycles. The second-order valence-electron chi connectivity index (χ2n) is 6.89. The Morgan fingerprint density at radius 2 is 1.75 bits per heavy atom. The van der Waals surface area contributed by atoms with Gasteiger partial charge in [0, 0.05) is 33.7 Å². The number of esters is 1. The molecule has 4 rings (SSSR count). The zero-order chi connectivity index (χ0) is 22.7. The van der Waals surface area contributed by atoms with Crippen molar-refractivity contribution < 1.29 is 19.2 Å². The van der Waals surface area contributed by atoms with E-state index >= 15 is 0 Å². The number of hydrogen-bond acceptors (Lipinski definition) is 6. The van der Waals surface area contributed by atoms with E-state index in [1.54, 1.807) is 24.3 Å². The summed E-state index contributed by atoms with van der Waals surface area (Å²) in [6.07, 6.45) is 0. The monoisotopic (exact) mass is 446 g/mol. The number of nitro benzene ring substituents is 1. The van der Waals surface area contributed by atoms with Crippen molar-refractivity contribution in [2.24, 2.45) is 0 Å². The first-order valence-corrected chi connectivity index (χ1v) is 9.90. The number of rotatable bonds is 6. The Balaban J connectivity index is 1.64. The molecule has 4 aromatic rings. The number of nitro groups is 1. The van der Waals surface area contributed by atoms with E-state index < -0.39 is 23.3 Å². The number of hydrogen-bond donors (Lipinski definition) is 0. The van der Waals surface area contributed by atoms with Crippen LogP contribution >= 0.6 is 11.6 Å². The average molecular weight is 447 g/mol. The van der Waals surface area contributed by atoms with Crippen molar-refractivity contribution in [2.75, 3.05) is 6.61 Å². The highest BCUT2D eigenvalue weighted by Gasteiger charge is 2.18. The van der Waals surface area contributed by atoms with Crippen LogP contribution in [0, 0.1) is 10.1 Å². The van der Waals surface area contributed by atoms with Crippen molar-refractivity contribution in [3.05, 3.63) is 105 Å². The standard InChI is InChI=1S/C24H15ClN2O5/c25-17-9-10-21-19(12-17)20(13-22(26-21)15-5-2-1-3-6-15)24(29)32-14-23(28)16-7-4-8-18(11-16)27(30)31/h1-13H,14H2. The quantitative estimate of drug-likeness (QED) is 0.168. The van der Waals surface area contributed by atoms with Crippen molar-refractivity contribution in [1.82, 2.24) is 4.98 Å². The van der Waals surface area contributed by atoms with Crippen LogP contribution in [-0.4, -0.2) is 28.3 Å². The van der Waals surface area contributed by atoms with Gasteiger partial charge in [-0.3, -0.25) is 14.9 Å². The molecule has 32 heavy (non-hydrogen) atoms. The van der Waals surface area contributed by atoms with E-state index in [4.69, 9.17) is 16.3 Å². The van der Waals surface area contributed by atoms with Crippen molar-refractivity contribution in [1.29, 1.82) is 0 Å². The largest absolute Gasteiger partial charge is 0.454 e. The summed E-state index contributed by atoms with van der Waals surface area (Å²) in [5, 5.41) is 11.8. The average Bonchev–Trinajstić information content (AvgIpc) is 2.82. The Bertz CT molecular complexity index is 1360. The third-order valence-electron chi connectivity index (χ3n) is 4.77. The smallest absolute Gasteiger partial charge is 0.339 e. The third-order valence-corrected chi connectivity index (χ3v) is 5.01. The number of halogens is 1. The van der Waals surface area contributed by atoms with Gasteiger partial charge in [-0.15, -0.1) is 0 Å². The Kier molecular flexibility index (Phi) is 5.91. The highest BCUT2D eigenvalue weighted by molar-refractivity contribution is 6.31. The molecule has 0 spiro atoms. The molecule has 158 valence electrons. The topological polar surface area (TPSA) is 99.4 Å². The van der Waals surface area contributed by atoms with Gasteiger partial charge >= 0.3 is 5.97 Å². The van der Waals surface area contributed by atoms with E-state index in [9.17, 15) is 19.7 Å². The van der Waals surface area contributed by atoms with Crippen LogP contribution in [0.2, 0.25) is 5.02 Å². The predicted octanol–water partition coefficient (Wildman–Crippen LogP) is 5.50. The van der Waals surface area contributed by atoms with Crippen LogP contribution in [0.1, 0.15) is 20.7 Å². The van der Waals surface area contributed by atoms with Crippen LogP contribution in [0.15, 0.2) is 78.9 Å². The lowest BCUT2D eigenvalue weighted by molar-refractivity contribution is -0.384. The lowest BCUT2D eigenvalue weighted by Gasteiger charge is -2.10. The Hall–Kier alpha value is -4.10. The number of nitrogens with zero attached hydrogens (tertiary/aromatic N) is 2. The zero-order valence-electron chi connectivity index (χ0n) is 16.5. The van der Waals surface area contributed by atoms with Gasteiger partial charge in [-0.25, -0.2) is 9.78 Å². The van der Waals surface area contributed by atoms with Crippen LogP contribution in [0.5, 0.6) is 0 Å². The van der Waals surface area contributed by atoms with E-state index in [2.05, 4.69) is 4.98 Å². The van der Waals surface area contributed by atoms with Gasteiger partial charge < -0.3 is 4.74 Å². The number of carbonyl (C=O) groups is 2.